The van der Waals surface area contributed by atoms with E-state index in [1.54, 1.807) is 0 Å². The molecule has 0 amide bonds. The largest absolute Gasteiger partial charge is 0.393 e. The van der Waals surface area contributed by atoms with Crippen molar-refractivity contribution in [3.05, 3.63) is 35.4 Å². The molecule has 1 aromatic carbocycles. The Morgan fingerprint density at radius 3 is 0.952 bits per heavy atom. The number of cyclic esters (lactones) is 8. The van der Waals surface area contributed by atoms with Gasteiger partial charge in [0, 0.05) is 11.8 Å². The zero-order valence-corrected chi connectivity index (χ0v) is 22.7. The van der Waals surface area contributed by atoms with Crippen LogP contribution in [0.2, 0.25) is 0 Å². The first-order chi connectivity index (χ1) is 20.0. The molecule has 0 bridgehead atoms. The van der Waals surface area contributed by atoms with Crippen LogP contribution in [0.15, 0.2) is 24.3 Å². The molecule has 0 radical (unpaired) electrons. The molecular weight excluding hydrogens is 552 g/mol. The number of carbonyl (C=O) groups is 8. The fourth-order valence-electron chi connectivity index (χ4n) is 6.53. The fraction of sp³-hybridized carbons (Fsp3) is 0.533. The highest BCUT2D eigenvalue weighted by molar-refractivity contribution is 5.95. The zero-order valence-electron chi connectivity index (χ0n) is 22.7. The van der Waals surface area contributed by atoms with Gasteiger partial charge in [0.1, 0.15) is 0 Å². The van der Waals surface area contributed by atoms with Crippen LogP contribution in [-0.2, 0) is 57.3 Å². The fourth-order valence-corrected chi connectivity index (χ4v) is 6.53. The van der Waals surface area contributed by atoms with Gasteiger partial charge in [-0.15, -0.1) is 0 Å². The predicted molar refractivity (Wildman–Crippen MR) is 136 cm³/mol. The highest BCUT2D eigenvalue weighted by Gasteiger charge is 2.44. The van der Waals surface area contributed by atoms with Crippen LogP contribution in [-0.4, -0.2) is 47.8 Å². The zero-order chi connectivity index (χ0) is 30.0. The van der Waals surface area contributed by atoms with Gasteiger partial charge in [-0.05, 0) is 48.6 Å². The van der Waals surface area contributed by atoms with Crippen LogP contribution in [0.5, 0.6) is 0 Å². The molecule has 2 unspecified atom stereocenters. The maximum atomic E-state index is 11.6. The van der Waals surface area contributed by atoms with Crippen molar-refractivity contribution in [3.63, 3.8) is 0 Å². The highest BCUT2D eigenvalue weighted by atomic mass is 16.6. The summed E-state index contributed by atoms with van der Waals surface area (Å²) in [4.78, 5) is 90.6. The second-order valence-corrected chi connectivity index (χ2v) is 11.5. The van der Waals surface area contributed by atoms with E-state index in [2.05, 4.69) is 18.9 Å². The van der Waals surface area contributed by atoms with Crippen molar-refractivity contribution in [2.45, 2.75) is 76.0 Å². The molecule has 0 spiro atoms. The topological polar surface area (TPSA) is 173 Å². The summed E-state index contributed by atoms with van der Waals surface area (Å²) in [6.45, 7) is 0. The van der Waals surface area contributed by atoms with Gasteiger partial charge in [-0.25, -0.2) is 0 Å². The van der Waals surface area contributed by atoms with Gasteiger partial charge in [-0.3, -0.25) is 38.4 Å². The second kappa shape index (κ2) is 12.3. The van der Waals surface area contributed by atoms with Gasteiger partial charge in [-0.2, -0.15) is 0 Å². The average Bonchev–Trinajstić information content (AvgIpc) is 3.46. The molecule has 0 aromatic heterocycles. The lowest BCUT2D eigenvalue weighted by Crippen LogP contribution is -2.29. The molecule has 42 heavy (non-hydrogen) atoms. The Morgan fingerprint density at radius 2 is 0.690 bits per heavy atom. The van der Waals surface area contributed by atoms with Crippen LogP contribution in [0.4, 0.5) is 0 Å². The Labute approximate surface area is 240 Å². The maximum absolute atomic E-state index is 11.6. The van der Waals surface area contributed by atoms with Crippen molar-refractivity contribution in [2.24, 2.45) is 23.7 Å². The minimum atomic E-state index is -0.508. The normalized spacial score (nSPS) is 29.0. The van der Waals surface area contributed by atoms with Crippen LogP contribution < -0.4 is 0 Å². The monoisotopic (exact) mass is 582 g/mol. The summed E-state index contributed by atoms with van der Waals surface area (Å²) < 4.78 is 18.2. The van der Waals surface area contributed by atoms with E-state index in [0.717, 1.165) is 36.8 Å². The van der Waals surface area contributed by atoms with Crippen molar-refractivity contribution in [1.29, 1.82) is 0 Å². The molecule has 4 saturated heterocycles. The Kier molecular flexibility index (Phi) is 8.60. The van der Waals surface area contributed by atoms with Crippen LogP contribution >= 0.6 is 0 Å². The van der Waals surface area contributed by atoms with Crippen molar-refractivity contribution in [1.82, 2.24) is 0 Å². The van der Waals surface area contributed by atoms with Crippen molar-refractivity contribution >= 4 is 47.8 Å². The van der Waals surface area contributed by atoms with E-state index in [-0.39, 0.29) is 74.0 Å². The van der Waals surface area contributed by atoms with E-state index in [9.17, 15) is 38.4 Å². The minimum Gasteiger partial charge on any atom is -0.393 e. The molecule has 5 aliphatic rings. The first-order valence-corrected chi connectivity index (χ1v) is 14.1. The number of rotatable bonds is 4. The Balaban J connectivity index is 0.000000169. The maximum Gasteiger partial charge on any atom is 0.317 e. The van der Waals surface area contributed by atoms with Gasteiger partial charge < -0.3 is 18.9 Å². The number of benzene rings is 1. The quantitative estimate of drug-likeness (QED) is 0.289. The lowest BCUT2D eigenvalue weighted by Gasteiger charge is -2.31. The molecule has 6 rings (SSSR count). The van der Waals surface area contributed by atoms with Crippen molar-refractivity contribution in [2.75, 3.05) is 0 Å². The Bertz CT molecular complexity index is 1190. The highest BCUT2D eigenvalue weighted by Crippen LogP contribution is 2.42. The third kappa shape index (κ3) is 6.80. The van der Waals surface area contributed by atoms with E-state index >= 15 is 0 Å². The number of carbonyl (C=O) groups excluding carboxylic acids is 8. The number of esters is 8. The third-order valence-corrected chi connectivity index (χ3v) is 8.75. The summed E-state index contributed by atoms with van der Waals surface area (Å²) in [7, 11) is 0. The molecule has 2 atom stereocenters. The summed E-state index contributed by atoms with van der Waals surface area (Å²) in [5.41, 5.74) is 1.75. The SMILES string of the molecule is O=C1CC(C2CCC(C3CC(=O)OC3=O)CC2)C(=O)O1.O=C1CC(c2ccc(C3CC(=O)OC(=O)C3)cc2)CC(=O)O1. The lowest BCUT2D eigenvalue weighted by molar-refractivity contribution is -0.165. The minimum absolute atomic E-state index is 0.151. The van der Waals surface area contributed by atoms with Crippen LogP contribution in [0.25, 0.3) is 0 Å². The average molecular weight is 583 g/mol. The molecule has 1 saturated carbocycles. The first kappa shape index (κ1) is 29.3. The number of hydrogen-bond acceptors (Lipinski definition) is 12. The molecular formula is C30H30O12. The van der Waals surface area contributed by atoms with Gasteiger partial charge in [0.05, 0.1) is 50.4 Å². The molecule has 0 N–H and O–H groups in total. The van der Waals surface area contributed by atoms with E-state index < -0.39 is 47.8 Å². The van der Waals surface area contributed by atoms with Crippen LogP contribution in [0.1, 0.15) is 87.2 Å². The van der Waals surface area contributed by atoms with Crippen molar-refractivity contribution in [3.8, 4) is 0 Å². The summed E-state index contributed by atoms with van der Waals surface area (Å²) in [6, 6.07) is 7.32. The van der Waals surface area contributed by atoms with Gasteiger partial charge in [0.15, 0.2) is 0 Å². The summed E-state index contributed by atoms with van der Waals surface area (Å²) in [6.07, 6.45) is 4.23. The molecule has 222 valence electrons. The second-order valence-electron chi connectivity index (χ2n) is 11.5. The lowest BCUT2D eigenvalue weighted by atomic mass is 9.71. The Morgan fingerprint density at radius 1 is 0.405 bits per heavy atom. The summed E-state index contributed by atoms with van der Waals surface area (Å²) >= 11 is 0. The van der Waals surface area contributed by atoms with Gasteiger partial charge >= 0.3 is 47.8 Å². The first-order valence-electron chi connectivity index (χ1n) is 14.1. The molecule has 4 aliphatic heterocycles. The van der Waals surface area contributed by atoms with Gasteiger partial charge in [0.25, 0.3) is 0 Å². The standard InChI is InChI=1S/C16H14O6.C14H16O6/c17-13-5-11(6-14(18)21-13)9-1-2-10(4-3-9)12-7-15(19)22-16(20)8-12;15-11-5-9(13(17)19-11)7-1-2-8(4-3-7)10-6-12(16)20-14(10)18/h1-4,11-12H,5-8H2;7-10H,1-6H2. The van der Waals surface area contributed by atoms with E-state index in [1.807, 2.05) is 24.3 Å². The summed E-state index contributed by atoms with van der Waals surface area (Å²) in [5, 5.41) is 0. The third-order valence-electron chi connectivity index (χ3n) is 8.75. The molecule has 4 heterocycles. The van der Waals surface area contributed by atoms with E-state index in [0.29, 0.717) is 0 Å². The summed E-state index contributed by atoms with van der Waals surface area (Å²) in [5.74, 6) is -4.42. The van der Waals surface area contributed by atoms with Crippen molar-refractivity contribution < 1.29 is 57.3 Å². The molecule has 1 aromatic rings. The van der Waals surface area contributed by atoms with Crippen LogP contribution in [0.3, 0.4) is 0 Å². The predicted octanol–water partition coefficient (Wildman–Crippen LogP) is 2.55. The molecule has 1 aliphatic carbocycles. The van der Waals surface area contributed by atoms with E-state index in [4.69, 9.17) is 0 Å². The number of hydrogen-bond donors (Lipinski definition) is 0. The molecule has 12 heteroatoms. The number of ether oxygens (including phenoxy) is 4. The van der Waals surface area contributed by atoms with E-state index in [1.165, 1.54) is 0 Å². The van der Waals surface area contributed by atoms with Gasteiger partial charge in [-0.1, -0.05) is 24.3 Å². The van der Waals surface area contributed by atoms with Gasteiger partial charge in [0.2, 0.25) is 0 Å². The molecule has 5 fully saturated rings. The molecule has 12 nitrogen and oxygen atoms in total. The Hall–Kier alpha value is -4.22. The smallest absolute Gasteiger partial charge is 0.317 e. The van der Waals surface area contributed by atoms with Crippen LogP contribution in [0, 0.1) is 23.7 Å².